The second-order valence-corrected chi connectivity index (χ2v) is 30.0. The Morgan fingerprint density at radius 2 is 0.656 bits per heavy atom. The molecule has 96 heavy (non-hydrogen) atoms. The molecule has 0 radical (unpaired) electrons. The van der Waals surface area contributed by atoms with Crippen molar-refractivity contribution < 1.29 is 64.6 Å². The average Bonchev–Trinajstić information content (AvgIpc) is 0.807. The predicted molar refractivity (Wildman–Crippen MR) is 397 cm³/mol. The first-order valence-electron chi connectivity index (χ1n) is 41.9. The van der Waals surface area contributed by atoms with E-state index in [0.717, 1.165) is 51.4 Å². The molecule has 0 spiro atoms. The highest BCUT2D eigenvalue weighted by atomic mass is 16.7. The van der Waals surface area contributed by atoms with Gasteiger partial charge in [-0.3, -0.25) is 4.79 Å². The number of hydrogen-bond donors (Lipinski definition) is 9. The van der Waals surface area contributed by atoms with Crippen molar-refractivity contribution in [3.63, 3.8) is 0 Å². The van der Waals surface area contributed by atoms with Gasteiger partial charge in [0.1, 0.15) is 48.8 Å². The van der Waals surface area contributed by atoms with Gasteiger partial charge in [-0.25, -0.2) is 0 Å². The van der Waals surface area contributed by atoms with Crippen LogP contribution in [0, 0.1) is 0 Å². The number of carbonyl (C=O) groups excluding carboxylic acids is 1. The minimum Gasteiger partial charge on any atom is -0.394 e. The Labute approximate surface area is 590 Å². The molecule has 2 saturated heterocycles. The van der Waals surface area contributed by atoms with E-state index in [0.29, 0.717) is 12.8 Å². The van der Waals surface area contributed by atoms with E-state index in [-0.39, 0.29) is 12.5 Å². The molecule has 9 N–H and O–H groups in total. The number of allylic oxidation sites excluding steroid dienone is 2. The Kier molecular flexibility index (Phi) is 63.3. The number of nitrogens with one attached hydrogen (secondary N) is 1. The van der Waals surface area contributed by atoms with Gasteiger partial charge < -0.3 is 65.1 Å². The fourth-order valence-electron chi connectivity index (χ4n) is 14.4. The zero-order chi connectivity index (χ0) is 69.4. The maximum absolute atomic E-state index is 13.4. The number of rotatable bonds is 72. The minimum atomic E-state index is -1.78. The Hall–Kier alpha value is -1.27. The first-order chi connectivity index (χ1) is 47.1. The van der Waals surface area contributed by atoms with Gasteiger partial charge in [0, 0.05) is 6.42 Å². The smallest absolute Gasteiger partial charge is 0.220 e. The first-order valence-corrected chi connectivity index (χ1v) is 41.9. The summed E-state index contributed by atoms with van der Waals surface area (Å²) >= 11 is 0. The van der Waals surface area contributed by atoms with Crippen LogP contribution in [0.3, 0.4) is 0 Å². The zero-order valence-electron chi connectivity index (χ0n) is 62.7. The van der Waals surface area contributed by atoms with E-state index in [4.69, 9.17) is 18.9 Å². The largest absolute Gasteiger partial charge is 0.394 e. The first kappa shape index (κ1) is 90.8. The molecule has 2 aliphatic heterocycles. The molecule has 1 amide bonds. The summed E-state index contributed by atoms with van der Waals surface area (Å²) in [5, 5.41) is 87.8. The molecule has 2 fully saturated rings. The van der Waals surface area contributed by atoms with E-state index in [2.05, 4.69) is 31.3 Å². The SMILES string of the molecule is CCCCCCCCCC/C=C\CCCCCCCCCCCCCCCCCCCCCCCCCCCCCCCC(=O)NC(COC1OC(CO)C(OC2OC(CO)C(O)C(O)C2O)C(O)C1O)C(O)CCCCCCCCCCCCCCCCCCCCCCC. The number of amides is 1. The lowest BCUT2D eigenvalue weighted by molar-refractivity contribution is -0.359. The molecule has 12 atom stereocenters. The molecule has 0 aromatic heterocycles. The summed E-state index contributed by atoms with van der Waals surface area (Å²) in [5.74, 6) is -0.196. The molecule has 0 bridgehead atoms. The van der Waals surface area contributed by atoms with E-state index in [1.54, 1.807) is 0 Å². The quantitative estimate of drug-likeness (QED) is 0.0204. The topological polar surface area (TPSA) is 228 Å². The van der Waals surface area contributed by atoms with Gasteiger partial charge in [-0.1, -0.05) is 379 Å². The van der Waals surface area contributed by atoms with Gasteiger partial charge in [-0.05, 0) is 38.5 Å². The van der Waals surface area contributed by atoms with Crippen LogP contribution in [0.5, 0.6) is 0 Å². The minimum absolute atomic E-state index is 0.196. The van der Waals surface area contributed by atoms with Gasteiger partial charge in [0.25, 0.3) is 0 Å². The summed E-state index contributed by atoms with van der Waals surface area (Å²) in [4.78, 5) is 13.4. The van der Waals surface area contributed by atoms with Gasteiger partial charge >= 0.3 is 0 Å². The third kappa shape index (κ3) is 49.4. The number of aliphatic hydroxyl groups excluding tert-OH is 8. The van der Waals surface area contributed by atoms with Crippen molar-refractivity contribution >= 4 is 5.91 Å². The van der Waals surface area contributed by atoms with E-state index < -0.39 is 86.8 Å². The van der Waals surface area contributed by atoms with Crippen molar-refractivity contribution in [2.45, 2.75) is 485 Å². The molecule has 0 aromatic carbocycles. The normalized spacial score (nSPS) is 22.2. The van der Waals surface area contributed by atoms with Gasteiger partial charge in [0.05, 0.1) is 32.0 Å². The summed E-state index contributed by atoms with van der Waals surface area (Å²) in [6.45, 7) is 2.94. The van der Waals surface area contributed by atoms with Gasteiger partial charge in [0.2, 0.25) is 5.91 Å². The van der Waals surface area contributed by atoms with Crippen molar-refractivity contribution in [2.24, 2.45) is 0 Å². The lowest BCUT2D eigenvalue weighted by Crippen LogP contribution is -2.65. The fourth-order valence-corrected chi connectivity index (χ4v) is 14.4. The van der Waals surface area contributed by atoms with Crippen LogP contribution in [0.4, 0.5) is 0 Å². The highest BCUT2D eigenvalue weighted by Gasteiger charge is 2.51. The van der Waals surface area contributed by atoms with Crippen LogP contribution in [0.15, 0.2) is 12.2 Å². The highest BCUT2D eigenvalue weighted by Crippen LogP contribution is 2.31. The van der Waals surface area contributed by atoms with E-state index in [1.165, 1.54) is 334 Å². The number of aliphatic hydroxyl groups is 8. The lowest BCUT2D eigenvalue weighted by Gasteiger charge is -2.46. The van der Waals surface area contributed by atoms with Crippen LogP contribution in [-0.4, -0.2) is 140 Å². The molecular weight excluding hydrogens is 1210 g/mol. The molecule has 2 rings (SSSR count). The number of ether oxygens (including phenoxy) is 4. The molecular formula is C82H159NO13. The third-order valence-electron chi connectivity index (χ3n) is 21.0. The third-order valence-corrected chi connectivity index (χ3v) is 21.0. The molecule has 0 aromatic rings. The van der Waals surface area contributed by atoms with Gasteiger partial charge in [-0.15, -0.1) is 0 Å². The molecule has 0 aliphatic carbocycles. The van der Waals surface area contributed by atoms with E-state index in [9.17, 15) is 45.6 Å². The van der Waals surface area contributed by atoms with Crippen molar-refractivity contribution in [2.75, 3.05) is 19.8 Å². The van der Waals surface area contributed by atoms with Crippen LogP contribution in [0.2, 0.25) is 0 Å². The number of carbonyl (C=O) groups is 1. The molecule has 2 aliphatic rings. The van der Waals surface area contributed by atoms with Crippen LogP contribution in [0.25, 0.3) is 0 Å². The van der Waals surface area contributed by atoms with Crippen molar-refractivity contribution in [1.82, 2.24) is 5.32 Å². The molecule has 2 heterocycles. The maximum atomic E-state index is 13.4. The second kappa shape index (κ2) is 66.9. The molecule has 570 valence electrons. The van der Waals surface area contributed by atoms with Crippen molar-refractivity contribution in [1.29, 1.82) is 0 Å². The van der Waals surface area contributed by atoms with Crippen LogP contribution < -0.4 is 5.32 Å². The van der Waals surface area contributed by atoms with E-state index in [1.807, 2.05) is 0 Å². The summed E-state index contributed by atoms with van der Waals surface area (Å²) in [6, 6.07) is -0.826. The Morgan fingerprint density at radius 3 is 0.990 bits per heavy atom. The van der Waals surface area contributed by atoms with Crippen LogP contribution in [0.1, 0.15) is 412 Å². The van der Waals surface area contributed by atoms with Crippen LogP contribution >= 0.6 is 0 Å². The van der Waals surface area contributed by atoms with Crippen molar-refractivity contribution in [3.05, 3.63) is 12.2 Å². The number of hydrogen-bond acceptors (Lipinski definition) is 13. The fraction of sp³-hybridized carbons (Fsp3) is 0.963. The standard InChI is InChI=1S/C82H159NO13/c1-3-5-7-9-11-13-15-17-19-21-23-25-26-27-28-29-30-31-32-33-34-35-36-37-38-39-40-41-42-43-44-46-48-50-52-54-56-58-60-62-64-66-74(87)83-70(71(86)65-63-61-59-57-55-53-51-49-47-45-24-22-20-18-16-14-12-10-8-6-4-2)69-93-81-79(92)77(90)80(73(68-85)95-81)96-82-78(91)76(89)75(88)72(67-84)94-82/h21,23,70-73,75-82,84-86,88-92H,3-20,22,24-69H2,1-2H3,(H,83,87)/b23-21-. The monoisotopic (exact) mass is 1370 g/mol. The molecule has 0 saturated carbocycles. The Morgan fingerprint density at radius 1 is 0.365 bits per heavy atom. The molecule has 14 heteroatoms. The summed E-state index contributed by atoms with van der Waals surface area (Å²) in [7, 11) is 0. The summed E-state index contributed by atoms with van der Waals surface area (Å²) in [5.41, 5.74) is 0. The number of unbranched alkanes of at least 4 members (excludes halogenated alkanes) is 57. The summed E-state index contributed by atoms with van der Waals surface area (Å²) < 4.78 is 23.0. The molecule has 14 nitrogen and oxygen atoms in total. The maximum Gasteiger partial charge on any atom is 0.220 e. The molecule has 12 unspecified atom stereocenters. The second-order valence-electron chi connectivity index (χ2n) is 30.0. The average molecular weight is 1370 g/mol. The van der Waals surface area contributed by atoms with Gasteiger partial charge in [-0.2, -0.15) is 0 Å². The zero-order valence-corrected chi connectivity index (χ0v) is 62.7. The van der Waals surface area contributed by atoms with Crippen LogP contribution in [-0.2, 0) is 23.7 Å². The predicted octanol–water partition coefficient (Wildman–Crippen LogP) is 19.3. The van der Waals surface area contributed by atoms with E-state index >= 15 is 0 Å². The van der Waals surface area contributed by atoms with Crippen molar-refractivity contribution in [3.8, 4) is 0 Å². The Bertz CT molecular complexity index is 1660. The lowest BCUT2D eigenvalue weighted by atomic mass is 9.97. The summed E-state index contributed by atoms with van der Waals surface area (Å²) in [6.07, 6.45) is 68.5. The Balaban J connectivity index is 1.53. The highest BCUT2D eigenvalue weighted by molar-refractivity contribution is 5.76. The van der Waals surface area contributed by atoms with Gasteiger partial charge in [0.15, 0.2) is 12.6 Å².